The lowest BCUT2D eigenvalue weighted by Crippen LogP contribution is -2.34. The summed E-state index contributed by atoms with van der Waals surface area (Å²) in [5.74, 6) is 0.326. The summed E-state index contributed by atoms with van der Waals surface area (Å²) in [6.07, 6.45) is 0.659. The SMILES string of the molecule is COc1ccc(C2=C(Nc3ccc(C)cc3)C(=O)N(CCCOC(C)C)C2=O)cc1OC. The van der Waals surface area contributed by atoms with Crippen LogP contribution in [-0.2, 0) is 14.3 Å². The Bertz CT molecular complexity index is 1010. The third-order valence-corrected chi connectivity index (χ3v) is 5.14. The Hall–Kier alpha value is -3.32. The van der Waals surface area contributed by atoms with Gasteiger partial charge in [0.1, 0.15) is 5.70 Å². The molecule has 0 radical (unpaired) electrons. The first kappa shape index (κ1) is 23.3. The molecule has 7 nitrogen and oxygen atoms in total. The summed E-state index contributed by atoms with van der Waals surface area (Å²) in [5.41, 5.74) is 2.97. The fraction of sp³-hybridized carbons (Fsp3) is 0.360. The summed E-state index contributed by atoms with van der Waals surface area (Å²) in [4.78, 5) is 27.9. The number of aryl methyl sites for hydroxylation is 1. The Morgan fingerprint density at radius 1 is 0.938 bits per heavy atom. The number of ether oxygens (including phenoxy) is 3. The number of anilines is 1. The molecule has 0 fully saturated rings. The monoisotopic (exact) mass is 438 g/mol. The third-order valence-electron chi connectivity index (χ3n) is 5.14. The van der Waals surface area contributed by atoms with Crippen LogP contribution in [0.5, 0.6) is 11.5 Å². The lowest BCUT2D eigenvalue weighted by molar-refractivity contribution is -0.137. The number of nitrogens with one attached hydrogen (secondary N) is 1. The van der Waals surface area contributed by atoms with Crippen molar-refractivity contribution in [2.75, 3.05) is 32.7 Å². The Morgan fingerprint density at radius 2 is 1.62 bits per heavy atom. The minimum Gasteiger partial charge on any atom is -0.493 e. The van der Waals surface area contributed by atoms with Crippen molar-refractivity contribution in [3.63, 3.8) is 0 Å². The van der Waals surface area contributed by atoms with Gasteiger partial charge in [-0.25, -0.2) is 0 Å². The molecule has 0 saturated heterocycles. The van der Waals surface area contributed by atoms with Crippen molar-refractivity contribution in [3.8, 4) is 11.5 Å². The molecular formula is C25H30N2O5. The minimum absolute atomic E-state index is 0.0965. The molecule has 1 N–H and O–H groups in total. The Balaban J connectivity index is 1.96. The molecule has 3 rings (SSSR count). The highest BCUT2D eigenvalue weighted by Crippen LogP contribution is 2.35. The molecule has 2 aromatic carbocycles. The quantitative estimate of drug-likeness (QED) is 0.446. The van der Waals surface area contributed by atoms with Gasteiger partial charge in [0.25, 0.3) is 11.8 Å². The van der Waals surface area contributed by atoms with E-state index in [0.29, 0.717) is 35.7 Å². The Kier molecular flexibility index (Phi) is 7.53. The molecule has 2 aromatic rings. The van der Waals surface area contributed by atoms with Gasteiger partial charge in [-0.3, -0.25) is 14.5 Å². The predicted octanol–water partition coefficient (Wildman–Crippen LogP) is 4.02. The van der Waals surface area contributed by atoms with Gasteiger partial charge in [-0.1, -0.05) is 23.8 Å². The largest absolute Gasteiger partial charge is 0.493 e. The third kappa shape index (κ3) is 5.11. The summed E-state index contributed by atoms with van der Waals surface area (Å²) in [6.45, 7) is 6.64. The lowest BCUT2D eigenvalue weighted by Gasteiger charge is -2.16. The summed E-state index contributed by atoms with van der Waals surface area (Å²) in [5, 5.41) is 3.17. The van der Waals surface area contributed by atoms with Gasteiger partial charge in [0.05, 0.1) is 25.9 Å². The Labute approximate surface area is 189 Å². The number of imide groups is 1. The summed E-state index contributed by atoms with van der Waals surface area (Å²) < 4.78 is 16.3. The number of carbonyl (C=O) groups is 2. The van der Waals surface area contributed by atoms with E-state index in [2.05, 4.69) is 5.32 Å². The highest BCUT2D eigenvalue weighted by atomic mass is 16.5. The van der Waals surface area contributed by atoms with E-state index in [1.807, 2.05) is 45.0 Å². The van der Waals surface area contributed by atoms with Gasteiger partial charge in [-0.15, -0.1) is 0 Å². The molecule has 0 aromatic heterocycles. The van der Waals surface area contributed by atoms with Crippen molar-refractivity contribution in [1.29, 1.82) is 0 Å². The molecule has 0 aliphatic carbocycles. The van der Waals surface area contributed by atoms with Crippen molar-refractivity contribution in [2.24, 2.45) is 0 Å². The highest BCUT2D eigenvalue weighted by Gasteiger charge is 2.39. The second-order valence-electron chi connectivity index (χ2n) is 7.85. The van der Waals surface area contributed by atoms with E-state index in [0.717, 1.165) is 11.3 Å². The fourth-order valence-corrected chi connectivity index (χ4v) is 3.48. The molecule has 7 heteroatoms. The van der Waals surface area contributed by atoms with Crippen molar-refractivity contribution in [2.45, 2.75) is 33.3 Å². The fourth-order valence-electron chi connectivity index (χ4n) is 3.48. The molecule has 0 bridgehead atoms. The van der Waals surface area contributed by atoms with Crippen LogP contribution < -0.4 is 14.8 Å². The number of methoxy groups -OCH3 is 2. The molecule has 1 heterocycles. The van der Waals surface area contributed by atoms with E-state index < -0.39 is 0 Å². The van der Waals surface area contributed by atoms with Crippen molar-refractivity contribution in [3.05, 3.63) is 59.3 Å². The van der Waals surface area contributed by atoms with Crippen LogP contribution >= 0.6 is 0 Å². The van der Waals surface area contributed by atoms with E-state index in [4.69, 9.17) is 14.2 Å². The van der Waals surface area contributed by atoms with Crippen molar-refractivity contribution < 1.29 is 23.8 Å². The van der Waals surface area contributed by atoms with E-state index in [1.54, 1.807) is 25.3 Å². The maximum absolute atomic E-state index is 13.3. The second-order valence-corrected chi connectivity index (χ2v) is 7.85. The number of hydrogen-bond acceptors (Lipinski definition) is 6. The maximum atomic E-state index is 13.3. The number of carbonyl (C=O) groups excluding carboxylic acids is 2. The molecule has 0 saturated carbocycles. The second kappa shape index (κ2) is 10.3. The average Bonchev–Trinajstić information content (AvgIpc) is 3.01. The normalized spacial score (nSPS) is 13.9. The standard InChI is InChI=1S/C25H30N2O5/c1-16(2)32-14-6-13-27-24(28)22(18-9-12-20(30-4)21(15-18)31-5)23(25(27)29)26-19-10-7-17(3)8-11-19/h7-12,15-16,26H,6,13-14H2,1-5H3. The lowest BCUT2D eigenvalue weighted by atomic mass is 10.0. The van der Waals surface area contributed by atoms with E-state index in [9.17, 15) is 9.59 Å². The van der Waals surface area contributed by atoms with Gasteiger partial charge in [0.2, 0.25) is 0 Å². The van der Waals surface area contributed by atoms with Gasteiger partial charge >= 0.3 is 0 Å². The van der Waals surface area contributed by atoms with Crippen LogP contribution in [0.3, 0.4) is 0 Å². The first-order valence-corrected chi connectivity index (χ1v) is 10.6. The Morgan fingerprint density at radius 3 is 2.25 bits per heavy atom. The first-order valence-electron chi connectivity index (χ1n) is 10.6. The van der Waals surface area contributed by atoms with E-state index in [1.165, 1.54) is 12.0 Å². The smallest absolute Gasteiger partial charge is 0.278 e. The summed E-state index contributed by atoms with van der Waals surface area (Å²) in [7, 11) is 3.08. The molecule has 170 valence electrons. The summed E-state index contributed by atoms with van der Waals surface area (Å²) >= 11 is 0. The van der Waals surface area contributed by atoms with Crippen LogP contribution in [0.1, 0.15) is 31.4 Å². The zero-order valence-electron chi connectivity index (χ0n) is 19.2. The molecular weight excluding hydrogens is 408 g/mol. The molecule has 0 spiro atoms. The number of rotatable bonds is 10. The van der Waals surface area contributed by atoms with E-state index >= 15 is 0 Å². The molecule has 0 atom stereocenters. The van der Waals surface area contributed by atoms with Crippen LogP contribution in [0, 0.1) is 6.92 Å². The predicted molar refractivity (Wildman–Crippen MR) is 124 cm³/mol. The molecule has 1 aliphatic heterocycles. The molecule has 0 unspecified atom stereocenters. The molecule has 1 aliphatic rings. The number of benzene rings is 2. The minimum atomic E-state index is -0.357. The van der Waals surface area contributed by atoms with Crippen LogP contribution in [0.2, 0.25) is 0 Å². The molecule has 32 heavy (non-hydrogen) atoms. The summed E-state index contributed by atoms with van der Waals surface area (Å²) in [6, 6.07) is 12.8. The van der Waals surface area contributed by atoms with Gasteiger partial charge in [-0.05, 0) is 57.0 Å². The van der Waals surface area contributed by atoms with Crippen molar-refractivity contribution in [1.82, 2.24) is 4.90 Å². The van der Waals surface area contributed by atoms with Crippen molar-refractivity contribution >= 4 is 23.1 Å². The number of amides is 2. The maximum Gasteiger partial charge on any atom is 0.278 e. The van der Waals surface area contributed by atoms with Crippen LogP contribution in [-0.4, -0.2) is 50.2 Å². The van der Waals surface area contributed by atoms with Gasteiger partial charge in [0, 0.05) is 18.8 Å². The average molecular weight is 439 g/mol. The van der Waals surface area contributed by atoms with Crippen LogP contribution in [0.15, 0.2) is 48.2 Å². The van der Waals surface area contributed by atoms with Crippen LogP contribution in [0.25, 0.3) is 5.57 Å². The van der Waals surface area contributed by atoms with Crippen LogP contribution in [0.4, 0.5) is 5.69 Å². The highest BCUT2D eigenvalue weighted by molar-refractivity contribution is 6.36. The van der Waals surface area contributed by atoms with E-state index in [-0.39, 0.29) is 30.2 Å². The van der Waals surface area contributed by atoms with Gasteiger partial charge in [-0.2, -0.15) is 0 Å². The first-order chi connectivity index (χ1) is 15.3. The topological polar surface area (TPSA) is 77.1 Å². The number of hydrogen-bond donors (Lipinski definition) is 1. The number of nitrogens with zero attached hydrogens (tertiary/aromatic N) is 1. The zero-order valence-corrected chi connectivity index (χ0v) is 19.2. The van der Waals surface area contributed by atoms with Gasteiger partial charge < -0.3 is 19.5 Å². The zero-order chi connectivity index (χ0) is 23.3. The molecule has 2 amide bonds. The van der Waals surface area contributed by atoms with Gasteiger partial charge in [0.15, 0.2) is 11.5 Å².